The summed E-state index contributed by atoms with van der Waals surface area (Å²) in [6.45, 7) is -2.86. The molecule has 1 fully saturated rings. The average Bonchev–Trinajstić information content (AvgIpc) is 2.79. The van der Waals surface area contributed by atoms with Crippen LogP contribution >= 0.6 is 0 Å². The number of aliphatic carboxylic acids is 1. The molecule has 25 heavy (non-hydrogen) atoms. The minimum Gasteiger partial charge on any atom is -0.481 e. The van der Waals surface area contributed by atoms with Gasteiger partial charge in [0.15, 0.2) is 0 Å². The first-order valence-electron chi connectivity index (χ1n) is 8.51. The van der Waals surface area contributed by atoms with Crippen LogP contribution in [0.5, 0.6) is 5.75 Å². The SMILES string of the molecule is O=C(CCc1ccc(OC(F)F)cc1)N[C@H]1CCCCC[C@H]1C(=O)O. The maximum atomic E-state index is 12.1. The Balaban J connectivity index is 1.83. The molecule has 0 spiro atoms. The molecule has 0 heterocycles. The molecule has 1 aromatic carbocycles. The zero-order chi connectivity index (χ0) is 18.2. The molecule has 1 aliphatic carbocycles. The van der Waals surface area contributed by atoms with Crippen LogP contribution in [0.1, 0.15) is 44.1 Å². The maximum absolute atomic E-state index is 12.1. The van der Waals surface area contributed by atoms with Crippen molar-refractivity contribution in [2.75, 3.05) is 0 Å². The fraction of sp³-hybridized carbons (Fsp3) is 0.556. The number of rotatable bonds is 7. The lowest BCUT2D eigenvalue weighted by atomic mass is 9.94. The van der Waals surface area contributed by atoms with Gasteiger partial charge in [0.2, 0.25) is 5.91 Å². The number of halogens is 2. The van der Waals surface area contributed by atoms with Crippen LogP contribution in [-0.2, 0) is 16.0 Å². The van der Waals surface area contributed by atoms with Gasteiger partial charge in [-0.05, 0) is 37.0 Å². The number of carbonyl (C=O) groups is 2. The lowest BCUT2D eigenvalue weighted by molar-refractivity contribution is -0.143. The molecule has 1 aromatic rings. The predicted octanol–water partition coefficient (Wildman–Crippen LogP) is 3.37. The van der Waals surface area contributed by atoms with Crippen LogP contribution in [0.15, 0.2) is 24.3 Å². The first kappa shape index (κ1) is 19.1. The van der Waals surface area contributed by atoms with Gasteiger partial charge in [-0.25, -0.2) is 0 Å². The van der Waals surface area contributed by atoms with E-state index in [1.54, 1.807) is 12.1 Å². The van der Waals surface area contributed by atoms with Crippen molar-refractivity contribution in [2.45, 2.75) is 57.6 Å². The standard InChI is InChI=1S/C18H23F2NO4/c19-18(20)25-13-9-6-12(7-10-13)8-11-16(22)21-15-5-3-1-2-4-14(15)17(23)24/h6-7,9-10,14-15,18H,1-5,8,11H2,(H,21,22)(H,23,24)/t14-,15+/m1/s1. The summed E-state index contributed by atoms with van der Waals surface area (Å²) in [5, 5.41) is 12.2. The van der Waals surface area contributed by atoms with E-state index < -0.39 is 18.5 Å². The summed E-state index contributed by atoms with van der Waals surface area (Å²) in [6.07, 6.45) is 4.72. The molecular formula is C18H23F2NO4. The van der Waals surface area contributed by atoms with Gasteiger partial charge in [-0.1, -0.05) is 31.4 Å². The van der Waals surface area contributed by atoms with Crippen LogP contribution in [0.2, 0.25) is 0 Å². The molecule has 0 unspecified atom stereocenters. The van der Waals surface area contributed by atoms with Crippen LogP contribution < -0.4 is 10.1 Å². The summed E-state index contributed by atoms with van der Waals surface area (Å²) in [5.74, 6) is -1.50. The molecule has 2 rings (SSSR count). The highest BCUT2D eigenvalue weighted by Gasteiger charge is 2.30. The highest BCUT2D eigenvalue weighted by atomic mass is 19.3. The number of amides is 1. The molecule has 1 aliphatic rings. The summed E-state index contributed by atoms with van der Waals surface area (Å²) in [5.41, 5.74) is 0.826. The molecule has 0 bridgehead atoms. The van der Waals surface area contributed by atoms with E-state index >= 15 is 0 Å². The van der Waals surface area contributed by atoms with Crippen molar-refractivity contribution in [1.82, 2.24) is 5.32 Å². The number of carbonyl (C=O) groups excluding carboxylic acids is 1. The second-order valence-corrected chi connectivity index (χ2v) is 6.28. The molecule has 1 saturated carbocycles. The lowest BCUT2D eigenvalue weighted by Gasteiger charge is -2.22. The monoisotopic (exact) mass is 355 g/mol. The largest absolute Gasteiger partial charge is 0.481 e. The Morgan fingerprint density at radius 3 is 2.48 bits per heavy atom. The molecule has 138 valence electrons. The lowest BCUT2D eigenvalue weighted by Crippen LogP contribution is -2.42. The maximum Gasteiger partial charge on any atom is 0.387 e. The smallest absolute Gasteiger partial charge is 0.387 e. The van der Waals surface area contributed by atoms with Gasteiger partial charge in [-0.3, -0.25) is 9.59 Å². The van der Waals surface area contributed by atoms with E-state index in [1.807, 2.05) is 0 Å². The fourth-order valence-corrected chi connectivity index (χ4v) is 3.15. The van der Waals surface area contributed by atoms with Crippen molar-refractivity contribution in [3.05, 3.63) is 29.8 Å². The molecule has 5 nitrogen and oxygen atoms in total. The number of ether oxygens (including phenoxy) is 1. The molecular weight excluding hydrogens is 332 g/mol. The Morgan fingerprint density at radius 2 is 1.84 bits per heavy atom. The molecule has 0 aliphatic heterocycles. The molecule has 7 heteroatoms. The van der Waals surface area contributed by atoms with Crippen molar-refractivity contribution >= 4 is 11.9 Å². The number of carboxylic acids is 1. The second-order valence-electron chi connectivity index (χ2n) is 6.28. The Morgan fingerprint density at radius 1 is 1.16 bits per heavy atom. The highest BCUT2D eigenvalue weighted by Crippen LogP contribution is 2.24. The Hall–Kier alpha value is -2.18. The fourth-order valence-electron chi connectivity index (χ4n) is 3.15. The van der Waals surface area contributed by atoms with E-state index in [1.165, 1.54) is 12.1 Å². The number of alkyl halides is 2. The van der Waals surface area contributed by atoms with Crippen LogP contribution in [0.25, 0.3) is 0 Å². The van der Waals surface area contributed by atoms with Crippen molar-refractivity contribution in [2.24, 2.45) is 5.92 Å². The molecule has 1 amide bonds. The van der Waals surface area contributed by atoms with Crippen LogP contribution in [0.3, 0.4) is 0 Å². The normalized spacial score (nSPS) is 20.8. The van der Waals surface area contributed by atoms with Gasteiger partial charge in [0, 0.05) is 12.5 Å². The van der Waals surface area contributed by atoms with Crippen molar-refractivity contribution in [3.8, 4) is 5.75 Å². The Kier molecular flexibility index (Phi) is 7.16. The first-order chi connectivity index (χ1) is 12.0. The van der Waals surface area contributed by atoms with Crippen molar-refractivity contribution in [3.63, 3.8) is 0 Å². The van der Waals surface area contributed by atoms with Gasteiger partial charge in [-0.15, -0.1) is 0 Å². The molecule has 0 radical (unpaired) electrons. The van der Waals surface area contributed by atoms with Gasteiger partial charge < -0.3 is 15.2 Å². The van der Waals surface area contributed by atoms with E-state index in [0.29, 0.717) is 19.3 Å². The van der Waals surface area contributed by atoms with Crippen LogP contribution in [0.4, 0.5) is 8.78 Å². The number of hydrogen-bond donors (Lipinski definition) is 2. The van der Waals surface area contributed by atoms with E-state index in [0.717, 1.165) is 24.8 Å². The molecule has 2 atom stereocenters. The summed E-state index contributed by atoms with van der Waals surface area (Å²) >= 11 is 0. The summed E-state index contributed by atoms with van der Waals surface area (Å²) in [7, 11) is 0. The second kappa shape index (κ2) is 9.34. The zero-order valence-electron chi connectivity index (χ0n) is 13.9. The van der Waals surface area contributed by atoms with Gasteiger partial charge in [0.1, 0.15) is 5.75 Å². The third-order valence-electron chi connectivity index (χ3n) is 4.47. The number of aryl methyl sites for hydroxylation is 1. The van der Waals surface area contributed by atoms with Gasteiger partial charge in [0.25, 0.3) is 0 Å². The van der Waals surface area contributed by atoms with E-state index in [-0.39, 0.29) is 24.1 Å². The minimum atomic E-state index is -2.86. The van der Waals surface area contributed by atoms with E-state index in [2.05, 4.69) is 10.1 Å². The van der Waals surface area contributed by atoms with E-state index in [4.69, 9.17) is 0 Å². The number of nitrogens with one attached hydrogen (secondary N) is 1. The van der Waals surface area contributed by atoms with Crippen molar-refractivity contribution in [1.29, 1.82) is 0 Å². The third kappa shape index (κ3) is 6.32. The highest BCUT2D eigenvalue weighted by molar-refractivity contribution is 5.78. The molecule has 0 saturated heterocycles. The number of benzene rings is 1. The van der Waals surface area contributed by atoms with Crippen molar-refractivity contribution < 1.29 is 28.2 Å². The van der Waals surface area contributed by atoms with Gasteiger partial charge >= 0.3 is 12.6 Å². The van der Waals surface area contributed by atoms with E-state index in [9.17, 15) is 23.5 Å². The third-order valence-corrected chi connectivity index (χ3v) is 4.47. The zero-order valence-corrected chi connectivity index (χ0v) is 13.9. The molecule has 0 aromatic heterocycles. The number of carboxylic acid groups (broad SMARTS) is 1. The minimum absolute atomic E-state index is 0.0750. The van der Waals surface area contributed by atoms with Crippen LogP contribution in [0, 0.1) is 5.92 Å². The molecule has 2 N–H and O–H groups in total. The average molecular weight is 355 g/mol. The predicted molar refractivity (Wildman–Crippen MR) is 87.5 cm³/mol. The topological polar surface area (TPSA) is 75.6 Å². The van der Waals surface area contributed by atoms with Crippen LogP contribution in [-0.4, -0.2) is 29.6 Å². The quantitative estimate of drug-likeness (QED) is 0.736. The van der Waals surface area contributed by atoms with Gasteiger partial charge in [0.05, 0.1) is 5.92 Å². The number of hydrogen-bond acceptors (Lipinski definition) is 3. The Labute approximate surface area is 145 Å². The van der Waals surface area contributed by atoms with Gasteiger partial charge in [-0.2, -0.15) is 8.78 Å². The summed E-state index contributed by atoms with van der Waals surface area (Å²) < 4.78 is 28.5. The summed E-state index contributed by atoms with van der Waals surface area (Å²) in [6, 6.07) is 5.82. The summed E-state index contributed by atoms with van der Waals surface area (Å²) in [4.78, 5) is 23.5. The Bertz CT molecular complexity index is 577. The first-order valence-corrected chi connectivity index (χ1v) is 8.51.